The van der Waals surface area contributed by atoms with Crippen molar-refractivity contribution in [2.45, 2.75) is 70.9 Å². The summed E-state index contributed by atoms with van der Waals surface area (Å²) >= 11 is 0. The highest BCUT2D eigenvalue weighted by molar-refractivity contribution is 5.81. The SMILES string of the molecule is CCNC(=NCCCc1nnc2n1CCCCC2)NC1CCC(=O)NC1. The van der Waals surface area contributed by atoms with E-state index >= 15 is 0 Å². The number of hydrogen-bond donors (Lipinski definition) is 3. The van der Waals surface area contributed by atoms with Crippen molar-refractivity contribution in [2.24, 2.45) is 4.99 Å². The van der Waals surface area contributed by atoms with Gasteiger partial charge in [0.05, 0.1) is 0 Å². The van der Waals surface area contributed by atoms with Gasteiger partial charge >= 0.3 is 0 Å². The van der Waals surface area contributed by atoms with E-state index in [1.807, 2.05) is 0 Å². The smallest absolute Gasteiger partial charge is 0.220 e. The number of carbonyl (C=O) groups is 1. The molecule has 0 aliphatic carbocycles. The highest BCUT2D eigenvalue weighted by Gasteiger charge is 2.18. The number of nitrogens with one attached hydrogen (secondary N) is 3. The van der Waals surface area contributed by atoms with E-state index in [-0.39, 0.29) is 11.9 Å². The first-order valence-electron chi connectivity index (χ1n) is 9.98. The number of guanidine groups is 1. The van der Waals surface area contributed by atoms with E-state index in [0.29, 0.717) is 13.0 Å². The fourth-order valence-electron chi connectivity index (χ4n) is 3.53. The van der Waals surface area contributed by atoms with Crippen LogP contribution >= 0.6 is 0 Å². The van der Waals surface area contributed by atoms with Crippen molar-refractivity contribution in [2.75, 3.05) is 19.6 Å². The Labute approximate surface area is 155 Å². The number of carbonyl (C=O) groups excluding carboxylic acids is 1. The highest BCUT2D eigenvalue weighted by Crippen LogP contribution is 2.15. The maximum Gasteiger partial charge on any atom is 0.220 e. The second-order valence-corrected chi connectivity index (χ2v) is 7.04. The number of fused-ring (bicyclic) bond motifs is 1. The average Bonchev–Trinajstić information content (AvgIpc) is 2.87. The zero-order chi connectivity index (χ0) is 18.2. The molecule has 8 heteroatoms. The zero-order valence-corrected chi connectivity index (χ0v) is 15.8. The fraction of sp³-hybridized carbons (Fsp3) is 0.778. The molecule has 8 nitrogen and oxygen atoms in total. The summed E-state index contributed by atoms with van der Waals surface area (Å²) in [5.41, 5.74) is 0. The van der Waals surface area contributed by atoms with Crippen molar-refractivity contribution in [1.29, 1.82) is 0 Å². The number of piperidine rings is 1. The first-order chi connectivity index (χ1) is 12.8. The lowest BCUT2D eigenvalue weighted by atomic mass is 10.1. The van der Waals surface area contributed by atoms with Crippen LogP contribution in [0.15, 0.2) is 4.99 Å². The summed E-state index contributed by atoms with van der Waals surface area (Å²) in [6.45, 7) is 5.35. The standard InChI is InChI=1S/C18H31N7O/c1-2-19-18(22-14-9-10-17(26)21-13-14)20-11-6-8-16-24-23-15-7-4-3-5-12-25(15)16/h14H,2-13H2,1H3,(H,21,26)(H2,19,20,22). The van der Waals surface area contributed by atoms with Crippen LogP contribution in [0.2, 0.25) is 0 Å². The van der Waals surface area contributed by atoms with Crippen LogP contribution in [0.1, 0.15) is 57.1 Å². The molecule has 3 N–H and O–H groups in total. The lowest BCUT2D eigenvalue weighted by Gasteiger charge is -2.25. The number of rotatable bonds is 6. The molecule has 1 fully saturated rings. The van der Waals surface area contributed by atoms with Gasteiger partial charge in [-0.3, -0.25) is 9.79 Å². The molecule has 3 rings (SSSR count). The van der Waals surface area contributed by atoms with Crippen molar-refractivity contribution >= 4 is 11.9 Å². The number of amides is 1. The molecule has 0 radical (unpaired) electrons. The van der Waals surface area contributed by atoms with Crippen LogP contribution in [0.4, 0.5) is 0 Å². The highest BCUT2D eigenvalue weighted by atomic mass is 16.1. The summed E-state index contributed by atoms with van der Waals surface area (Å²) in [6, 6.07) is 0.248. The molecule has 1 atom stereocenters. The van der Waals surface area contributed by atoms with Gasteiger partial charge < -0.3 is 20.5 Å². The second kappa shape index (κ2) is 9.54. The van der Waals surface area contributed by atoms with Crippen molar-refractivity contribution in [3.63, 3.8) is 0 Å². The van der Waals surface area contributed by atoms with Gasteiger partial charge in [-0.2, -0.15) is 0 Å². The average molecular weight is 361 g/mol. The maximum absolute atomic E-state index is 11.3. The Morgan fingerprint density at radius 2 is 2.23 bits per heavy atom. The van der Waals surface area contributed by atoms with E-state index in [1.54, 1.807) is 0 Å². The Morgan fingerprint density at radius 3 is 3.04 bits per heavy atom. The van der Waals surface area contributed by atoms with Gasteiger partial charge in [-0.15, -0.1) is 10.2 Å². The molecule has 144 valence electrons. The normalized spacial score (nSPS) is 20.9. The molecule has 2 aliphatic heterocycles. The zero-order valence-electron chi connectivity index (χ0n) is 15.8. The number of aromatic nitrogens is 3. The van der Waals surface area contributed by atoms with Crippen LogP contribution in [-0.4, -0.2) is 52.3 Å². The van der Waals surface area contributed by atoms with Gasteiger partial charge in [0.25, 0.3) is 0 Å². The quantitative estimate of drug-likeness (QED) is 0.395. The Bertz CT molecular complexity index is 615. The van der Waals surface area contributed by atoms with E-state index in [4.69, 9.17) is 0 Å². The molecule has 1 aromatic heterocycles. The van der Waals surface area contributed by atoms with Crippen LogP contribution in [0, 0.1) is 0 Å². The lowest BCUT2D eigenvalue weighted by molar-refractivity contribution is -0.122. The molecule has 0 bridgehead atoms. The van der Waals surface area contributed by atoms with Gasteiger partial charge in [0, 0.05) is 51.5 Å². The minimum atomic E-state index is 0.137. The van der Waals surface area contributed by atoms with E-state index in [9.17, 15) is 4.79 Å². The van der Waals surface area contributed by atoms with Crippen molar-refractivity contribution in [1.82, 2.24) is 30.7 Å². The van der Waals surface area contributed by atoms with Gasteiger partial charge in [-0.1, -0.05) is 6.42 Å². The molecule has 1 unspecified atom stereocenters. The Morgan fingerprint density at radius 1 is 1.31 bits per heavy atom. The minimum Gasteiger partial charge on any atom is -0.357 e. The van der Waals surface area contributed by atoms with Crippen molar-refractivity contribution < 1.29 is 4.79 Å². The maximum atomic E-state index is 11.3. The van der Waals surface area contributed by atoms with Gasteiger partial charge in [0.15, 0.2) is 5.96 Å². The van der Waals surface area contributed by atoms with E-state index in [0.717, 1.165) is 62.9 Å². The predicted molar refractivity (Wildman–Crippen MR) is 101 cm³/mol. The van der Waals surface area contributed by atoms with E-state index in [2.05, 4.69) is 42.6 Å². The lowest BCUT2D eigenvalue weighted by Crippen LogP contribution is -2.51. The van der Waals surface area contributed by atoms with Gasteiger partial charge in [-0.25, -0.2) is 0 Å². The third-order valence-electron chi connectivity index (χ3n) is 4.97. The molecular formula is C18H31N7O. The fourth-order valence-corrected chi connectivity index (χ4v) is 3.53. The van der Waals surface area contributed by atoms with Gasteiger partial charge in [0.1, 0.15) is 11.6 Å². The molecule has 0 saturated carbocycles. The largest absolute Gasteiger partial charge is 0.357 e. The van der Waals surface area contributed by atoms with Crippen LogP contribution in [-0.2, 0) is 24.2 Å². The summed E-state index contributed by atoms with van der Waals surface area (Å²) < 4.78 is 2.31. The molecule has 0 aromatic carbocycles. The topological polar surface area (TPSA) is 96.2 Å². The van der Waals surface area contributed by atoms with Crippen LogP contribution < -0.4 is 16.0 Å². The molecular weight excluding hydrogens is 330 g/mol. The first-order valence-corrected chi connectivity index (χ1v) is 9.98. The third-order valence-corrected chi connectivity index (χ3v) is 4.97. The molecule has 0 spiro atoms. The second-order valence-electron chi connectivity index (χ2n) is 7.04. The Balaban J connectivity index is 1.47. The van der Waals surface area contributed by atoms with Crippen molar-refractivity contribution in [3.8, 4) is 0 Å². The van der Waals surface area contributed by atoms with E-state index < -0.39 is 0 Å². The number of aryl methyl sites for hydroxylation is 2. The number of hydrogen-bond acceptors (Lipinski definition) is 4. The summed E-state index contributed by atoms with van der Waals surface area (Å²) in [5, 5.41) is 18.4. The third kappa shape index (κ3) is 5.19. The molecule has 3 heterocycles. The molecule has 1 aromatic rings. The first kappa shape index (κ1) is 18.7. The molecule has 1 amide bonds. The summed E-state index contributed by atoms with van der Waals surface area (Å²) in [5.74, 6) is 3.21. The minimum absolute atomic E-state index is 0.137. The summed E-state index contributed by atoms with van der Waals surface area (Å²) in [6.07, 6.45) is 8.08. The summed E-state index contributed by atoms with van der Waals surface area (Å²) in [4.78, 5) is 16.0. The van der Waals surface area contributed by atoms with Crippen LogP contribution in [0.25, 0.3) is 0 Å². The number of nitrogens with zero attached hydrogens (tertiary/aromatic N) is 4. The van der Waals surface area contributed by atoms with Crippen LogP contribution in [0.5, 0.6) is 0 Å². The van der Waals surface area contributed by atoms with E-state index in [1.165, 1.54) is 19.3 Å². The van der Waals surface area contributed by atoms with Gasteiger partial charge in [0.2, 0.25) is 5.91 Å². The molecule has 26 heavy (non-hydrogen) atoms. The molecule has 2 aliphatic rings. The monoisotopic (exact) mass is 361 g/mol. The van der Waals surface area contributed by atoms with Crippen molar-refractivity contribution in [3.05, 3.63) is 11.6 Å². The Kier molecular flexibility index (Phi) is 6.85. The predicted octanol–water partition coefficient (Wildman–Crippen LogP) is 0.771. The Hall–Kier alpha value is -2.12. The molecule has 1 saturated heterocycles. The number of aliphatic imine (C=N–C) groups is 1. The van der Waals surface area contributed by atoms with Gasteiger partial charge in [-0.05, 0) is 32.6 Å². The summed E-state index contributed by atoms with van der Waals surface area (Å²) in [7, 11) is 0. The van der Waals surface area contributed by atoms with Crippen LogP contribution in [0.3, 0.4) is 0 Å².